The van der Waals surface area contributed by atoms with Gasteiger partial charge in [-0.25, -0.2) is 0 Å². The summed E-state index contributed by atoms with van der Waals surface area (Å²) in [6.07, 6.45) is 0. The molecule has 0 bridgehead atoms. The highest BCUT2D eigenvalue weighted by atomic mass is 16.5. The Morgan fingerprint density at radius 1 is 1.75 bits per heavy atom. The molecule has 0 aliphatic heterocycles. The Hall–Kier alpha value is -1.52. The minimum Gasteiger partial charge on any atom is -0.367 e. The second-order valence-corrected chi connectivity index (χ2v) is 2.37. The number of nitrogens with one attached hydrogen (secondary N) is 1. The number of aromatic nitrogens is 1. The number of nitrogen functional groups attached to an aromatic ring is 1. The monoisotopic (exact) mass is 169 g/mol. The van der Waals surface area contributed by atoms with E-state index in [0.29, 0.717) is 17.8 Å². The number of hydrogen-bond acceptors (Lipinski definition) is 4. The number of carbonyl (C=O) groups excluding carboxylic acids is 1. The van der Waals surface area contributed by atoms with E-state index in [2.05, 4.69) is 15.0 Å². The average Bonchev–Trinajstić information content (AvgIpc) is 2.32. The summed E-state index contributed by atoms with van der Waals surface area (Å²) in [6, 6.07) is 0. The molecule has 0 radical (unpaired) electrons. The minimum atomic E-state index is -0.242. The maximum Gasteiger partial charge on any atom is 0.258 e. The zero-order valence-electron chi connectivity index (χ0n) is 7.05. The highest BCUT2D eigenvalue weighted by Gasteiger charge is 2.16. The second kappa shape index (κ2) is 3.25. The number of hydrogen-bond donors (Lipinski definition) is 2. The Labute approximate surface area is 69.9 Å². The van der Waals surface area contributed by atoms with Crippen LogP contribution in [0.2, 0.25) is 0 Å². The van der Waals surface area contributed by atoms with E-state index >= 15 is 0 Å². The molecule has 0 aromatic carbocycles. The predicted octanol–water partition coefficient (Wildman–Crippen LogP) is 0.315. The molecule has 0 saturated carbocycles. The number of amides is 1. The summed E-state index contributed by atoms with van der Waals surface area (Å²) in [5.41, 5.74) is 6.23. The molecule has 12 heavy (non-hydrogen) atoms. The van der Waals surface area contributed by atoms with Gasteiger partial charge in [-0.1, -0.05) is 5.16 Å². The Morgan fingerprint density at radius 3 is 2.83 bits per heavy atom. The van der Waals surface area contributed by atoms with E-state index in [1.165, 1.54) is 0 Å². The fourth-order valence-corrected chi connectivity index (χ4v) is 0.912. The van der Waals surface area contributed by atoms with Crippen LogP contribution in [0.4, 0.5) is 5.88 Å². The van der Waals surface area contributed by atoms with Gasteiger partial charge in [0.2, 0.25) is 5.88 Å². The number of nitrogens with zero attached hydrogens (tertiary/aromatic N) is 1. The molecule has 3 N–H and O–H groups in total. The van der Waals surface area contributed by atoms with Crippen LogP contribution in [0.1, 0.15) is 23.0 Å². The third-order valence-corrected chi connectivity index (χ3v) is 1.45. The third kappa shape index (κ3) is 1.39. The molecular formula is C7H11N3O2. The largest absolute Gasteiger partial charge is 0.367 e. The first kappa shape index (κ1) is 8.58. The molecule has 1 heterocycles. The first-order valence-corrected chi connectivity index (χ1v) is 3.66. The Balaban J connectivity index is 2.93. The zero-order valence-corrected chi connectivity index (χ0v) is 7.05. The van der Waals surface area contributed by atoms with Crippen molar-refractivity contribution in [2.45, 2.75) is 13.8 Å². The predicted molar refractivity (Wildman–Crippen MR) is 43.7 cm³/mol. The number of anilines is 1. The summed E-state index contributed by atoms with van der Waals surface area (Å²) in [5, 5.41) is 6.17. The summed E-state index contributed by atoms with van der Waals surface area (Å²) >= 11 is 0. The Morgan fingerprint density at radius 2 is 2.42 bits per heavy atom. The van der Waals surface area contributed by atoms with Crippen LogP contribution in [-0.4, -0.2) is 17.6 Å². The molecule has 1 aromatic rings. The van der Waals surface area contributed by atoms with Crippen molar-refractivity contribution in [3.05, 3.63) is 11.3 Å². The van der Waals surface area contributed by atoms with Crippen molar-refractivity contribution in [3.63, 3.8) is 0 Å². The van der Waals surface area contributed by atoms with Gasteiger partial charge in [0.05, 0.1) is 5.69 Å². The van der Waals surface area contributed by atoms with E-state index in [9.17, 15) is 4.79 Å². The summed E-state index contributed by atoms with van der Waals surface area (Å²) in [7, 11) is 0. The van der Waals surface area contributed by atoms with E-state index in [1.54, 1.807) is 6.92 Å². The molecule has 1 rings (SSSR count). The van der Waals surface area contributed by atoms with Crippen LogP contribution < -0.4 is 11.1 Å². The molecule has 5 nitrogen and oxygen atoms in total. The van der Waals surface area contributed by atoms with Crippen molar-refractivity contribution in [2.75, 3.05) is 12.3 Å². The normalized spacial score (nSPS) is 9.83. The quantitative estimate of drug-likeness (QED) is 0.667. The molecule has 0 fully saturated rings. The molecule has 66 valence electrons. The molecule has 0 spiro atoms. The first-order chi connectivity index (χ1) is 5.66. The van der Waals surface area contributed by atoms with Gasteiger partial charge in [-0.05, 0) is 13.8 Å². The maximum absolute atomic E-state index is 11.3. The van der Waals surface area contributed by atoms with Gasteiger partial charge in [0.25, 0.3) is 5.91 Å². The fourth-order valence-electron chi connectivity index (χ4n) is 0.912. The second-order valence-electron chi connectivity index (χ2n) is 2.37. The molecule has 0 aliphatic rings. The number of rotatable bonds is 2. The van der Waals surface area contributed by atoms with Crippen LogP contribution in [0, 0.1) is 6.92 Å². The van der Waals surface area contributed by atoms with Crippen LogP contribution in [-0.2, 0) is 0 Å². The lowest BCUT2D eigenvalue weighted by molar-refractivity contribution is 0.0956. The molecule has 1 amide bonds. The van der Waals surface area contributed by atoms with Crippen molar-refractivity contribution in [1.82, 2.24) is 10.5 Å². The minimum absolute atomic E-state index is 0.0680. The van der Waals surface area contributed by atoms with E-state index in [0.717, 1.165) is 0 Å². The van der Waals surface area contributed by atoms with Gasteiger partial charge < -0.3 is 15.6 Å². The number of carbonyl (C=O) groups is 1. The lowest BCUT2D eigenvalue weighted by Crippen LogP contribution is -2.23. The number of nitrogens with two attached hydrogens (primary N) is 1. The summed E-state index contributed by atoms with van der Waals surface area (Å²) in [6.45, 7) is 4.06. The van der Waals surface area contributed by atoms with Crippen molar-refractivity contribution in [2.24, 2.45) is 0 Å². The Bertz CT molecular complexity index is 273. The van der Waals surface area contributed by atoms with E-state index in [-0.39, 0.29) is 11.8 Å². The molecule has 0 atom stereocenters. The van der Waals surface area contributed by atoms with Crippen molar-refractivity contribution in [1.29, 1.82) is 0 Å². The molecular weight excluding hydrogens is 158 g/mol. The topological polar surface area (TPSA) is 81.2 Å². The van der Waals surface area contributed by atoms with Gasteiger partial charge in [-0.3, -0.25) is 4.79 Å². The standard InChI is InChI=1S/C7H11N3O2/c1-3-9-7(11)5-4(2)10-12-6(5)8/h3,8H2,1-2H3,(H,9,11). The van der Waals surface area contributed by atoms with Crippen LogP contribution in [0.3, 0.4) is 0 Å². The average molecular weight is 169 g/mol. The van der Waals surface area contributed by atoms with Crippen molar-refractivity contribution < 1.29 is 9.32 Å². The summed E-state index contributed by atoms with van der Waals surface area (Å²) < 4.78 is 4.63. The van der Waals surface area contributed by atoms with Crippen molar-refractivity contribution in [3.8, 4) is 0 Å². The summed E-state index contributed by atoms with van der Waals surface area (Å²) in [4.78, 5) is 11.3. The van der Waals surface area contributed by atoms with Crippen LogP contribution >= 0.6 is 0 Å². The number of aryl methyl sites for hydroxylation is 1. The smallest absolute Gasteiger partial charge is 0.258 e. The molecule has 0 saturated heterocycles. The maximum atomic E-state index is 11.3. The van der Waals surface area contributed by atoms with E-state index in [4.69, 9.17) is 5.73 Å². The Kier molecular flexibility index (Phi) is 2.32. The fraction of sp³-hybridized carbons (Fsp3) is 0.429. The molecule has 0 aliphatic carbocycles. The van der Waals surface area contributed by atoms with Gasteiger partial charge in [-0.15, -0.1) is 0 Å². The molecule has 1 aromatic heterocycles. The van der Waals surface area contributed by atoms with Crippen LogP contribution in [0.5, 0.6) is 0 Å². The highest BCUT2D eigenvalue weighted by Crippen LogP contribution is 2.14. The van der Waals surface area contributed by atoms with Crippen molar-refractivity contribution >= 4 is 11.8 Å². The summed E-state index contributed by atoms with van der Waals surface area (Å²) in [5.74, 6) is -0.174. The van der Waals surface area contributed by atoms with Gasteiger partial charge in [-0.2, -0.15) is 0 Å². The van der Waals surface area contributed by atoms with E-state index < -0.39 is 0 Å². The SMILES string of the molecule is CCNC(=O)c1c(C)noc1N. The molecule has 0 unspecified atom stereocenters. The van der Waals surface area contributed by atoms with E-state index in [1.807, 2.05) is 6.92 Å². The van der Waals surface area contributed by atoms with Gasteiger partial charge in [0.15, 0.2) is 0 Å². The zero-order chi connectivity index (χ0) is 9.14. The third-order valence-electron chi connectivity index (χ3n) is 1.45. The van der Waals surface area contributed by atoms with Gasteiger partial charge in [0.1, 0.15) is 5.56 Å². The van der Waals surface area contributed by atoms with Gasteiger partial charge >= 0.3 is 0 Å². The van der Waals surface area contributed by atoms with Crippen LogP contribution in [0.15, 0.2) is 4.52 Å². The van der Waals surface area contributed by atoms with Gasteiger partial charge in [0, 0.05) is 6.54 Å². The first-order valence-electron chi connectivity index (χ1n) is 3.66. The highest BCUT2D eigenvalue weighted by molar-refractivity contribution is 5.98. The lowest BCUT2D eigenvalue weighted by Gasteiger charge is -1.98. The lowest BCUT2D eigenvalue weighted by atomic mass is 10.2. The van der Waals surface area contributed by atoms with Crippen LogP contribution in [0.25, 0.3) is 0 Å². The molecule has 5 heteroatoms.